The molecular formula is C18H16Br2F3NO. The molecule has 0 bridgehead atoms. The molecule has 1 aliphatic rings. The number of nitrogens with one attached hydrogen (secondary N) is 1. The summed E-state index contributed by atoms with van der Waals surface area (Å²) in [6.07, 6.45) is -2.35. The fourth-order valence-corrected chi connectivity index (χ4v) is 4.28. The Kier molecular flexibility index (Phi) is 5.34. The SMILES string of the molecule is CC1CCc2c(Br)cc(Br)c(OCc3ccc(C(F)(F)F)cc3)c2N1. The Hall–Kier alpha value is -1.21. The lowest BCUT2D eigenvalue weighted by Gasteiger charge is -2.28. The molecule has 0 spiro atoms. The van der Waals surface area contributed by atoms with Crippen molar-refractivity contribution in [2.75, 3.05) is 5.32 Å². The highest BCUT2D eigenvalue weighted by Gasteiger charge is 2.30. The first-order valence-corrected chi connectivity index (χ1v) is 9.40. The minimum atomic E-state index is -4.33. The zero-order chi connectivity index (χ0) is 18.2. The van der Waals surface area contributed by atoms with Gasteiger partial charge in [0.1, 0.15) is 6.61 Å². The minimum absolute atomic E-state index is 0.195. The highest BCUT2D eigenvalue weighted by Crippen LogP contribution is 2.44. The van der Waals surface area contributed by atoms with Crippen LogP contribution in [-0.4, -0.2) is 6.04 Å². The molecule has 0 amide bonds. The molecule has 7 heteroatoms. The summed E-state index contributed by atoms with van der Waals surface area (Å²) in [6, 6.07) is 7.31. The van der Waals surface area contributed by atoms with E-state index in [2.05, 4.69) is 44.1 Å². The Balaban J connectivity index is 1.82. The van der Waals surface area contributed by atoms with E-state index in [0.29, 0.717) is 17.4 Å². The molecule has 1 N–H and O–H groups in total. The fraction of sp³-hybridized carbons (Fsp3) is 0.333. The first kappa shape index (κ1) is 18.6. The lowest BCUT2D eigenvalue weighted by atomic mass is 9.98. The van der Waals surface area contributed by atoms with Crippen LogP contribution in [0.25, 0.3) is 0 Å². The quantitative estimate of drug-likeness (QED) is 0.539. The molecule has 2 aromatic carbocycles. The second-order valence-electron chi connectivity index (χ2n) is 6.09. The topological polar surface area (TPSA) is 21.3 Å². The van der Waals surface area contributed by atoms with E-state index in [4.69, 9.17) is 4.74 Å². The van der Waals surface area contributed by atoms with E-state index < -0.39 is 11.7 Å². The molecule has 2 nitrogen and oxygen atoms in total. The van der Waals surface area contributed by atoms with E-state index in [1.165, 1.54) is 12.1 Å². The summed E-state index contributed by atoms with van der Waals surface area (Å²) in [4.78, 5) is 0. The Morgan fingerprint density at radius 2 is 1.84 bits per heavy atom. The third-order valence-electron chi connectivity index (χ3n) is 4.17. The zero-order valence-corrected chi connectivity index (χ0v) is 16.6. The summed E-state index contributed by atoms with van der Waals surface area (Å²) in [5, 5.41) is 3.44. The van der Waals surface area contributed by atoms with Gasteiger partial charge in [0.2, 0.25) is 0 Å². The Bertz CT molecular complexity index is 775. The molecule has 0 aromatic heterocycles. The van der Waals surface area contributed by atoms with Crippen molar-refractivity contribution in [3.63, 3.8) is 0 Å². The maximum atomic E-state index is 12.6. The van der Waals surface area contributed by atoms with Crippen LogP contribution in [0.2, 0.25) is 0 Å². The van der Waals surface area contributed by atoms with Crippen molar-refractivity contribution < 1.29 is 17.9 Å². The average Bonchev–Trinajstić information content (AvgIpc) is 2.54. The second kappa shape index (κ2) is 7.19. The molecule has 0 aliphatic carbocycles. The Morgan fingerprint density at radius 3 is 2.48 bits per heavy atom. The van der Waals surface area contributed by atoms with Crippen molar-refractivity contribution in [1.29, 1.82) is 0 Å². The lowest BCUT2D eigenvalue weighted by molar-refractivity contribution is -0.137. The van der Waals surface area contributed by atoms with Crippen LogP contribution in [0.3, 0.4) is 0 Å². The Labute approximate surface area is 161 Å². The molecule has 3 rings (SSSR count). The number of benzene rings is 2. The van der Waals surface area contributed by atoms with E-state index in [0.717, 1.165) is 45.2 Å². The number of hydrogen-bond donors (Lipinski definition) is 1. The molecule has 1 aliphatic heterocycles. The van der Waals surface area contributed by atoms with Gasteiger partial charge in [-0.25, -0.2) is 0 Å². The van der Waals surface area contributed by atoms with E-state index in [-0.39, 0.29) is 6.61 Å². The van der Waals surface area contributed by atoms with Gasteiger partial charge in [0.25, 0.3) is 0 Å². The van der Waals surface area contributed by atoms with Gasteiger partial charge in [-0.05, 0) is 65.0 Å². The highest BCUT2D eigenvalue weighted by atomic mass is 79.9. The molecule has 0 saturated carbocycles. The predicted octanol–water partition coefficient (Wildman–Crippen LogP) is 6.56. The number of anilines is 1. The summed E-state index contributed by atoms with van der Waals surface area (Å²) in [6.45, 7) is 2.30. The Morgan fingerprint density at radius 1 is 1.16 bits per heavy atom. The minimum Gasteiger partial charge on any atom is -0.486 e. The monoisotopic (exact) mass is 477 g/mol. The summed E-state index contributed by atoms with van der Waals surface area (Å²) >= 11 is 7.09. The third-order valence-corrected chi connectivity index (χ3v) is 5.47. The summed E-state index contributed by atoms with van der Waals surface area (Å²) in [5.41, 5.74) is 2.12. The summed E-state index contributed by atoms with van der Waals surface area (Å²) in [7, 11) is 0. The molecule has 1 unspecified atom stereocenters. The average molecular weight is 479 g/mol. The van der Waals surface area contributed by atoms with Crippen molar-refractivity contribution in [1.82, 2.24) is 0 Å². The van der Waals surface area contributed by atoms with E-state index in [1.807, 2.05) is 6.07 Å². The van der Waals surface area contributed by atoms with Crippen LogP contribution < -0.4 is 10.1 Å². The van der Waals surface area contributed by atoms with Crippen molar-refractivity contribution in [2.24, 2.45) is 0 Å². The fourth-order valence-electron chi connectivity index (χ4n) is 2.80. The smallest absolute Gasteiger partial charge is 0.416 e. The molecule has 0 fully saturated rings. The van der Waals surface area contributed by atoms with Gasteiger partial charge in [-0.2, -0.15) is 13.2 Å². The molecule has 1 atom stereocenters. The molecule has 25 heavy (non-hydrogen) atoms. The summed E-state index contributed by atoms with van der Waals surface area (Å²) in [5.74, 6) is 0.685. The molecule has 134 valence electrons. The maximum Gasteiger partial charge on any atom is 0.416 e. The van der Waals surface area contributed by atoms with Crippen LogP contribution in [0.1, 0.15) is 30.0 Å². The molecule has 2 aromatic rings. The van der Waals surface area contributed by atoms with Crippen LogP contribution in [0.15, 0.2) is 39.3 Å². The largest absolute Gasteiger partial charge is 0.486 e. The van der Waals surface area contributed by atoms with Crippen molar-refractivity contribution in [3.8, 4) is 5.75 Å². The van der Waals surface area contributed by atoms with Crippen LogP contribution >= 0.6 is 31.9 Å². The second-order valence-corrected chi connectivity index (χ2v) is 7.80. The van der Waals surface area contributed by atoms with E-state index in [9.17, 15) is 13.2 Å². The van der Waals surface area contributed by atoms with E-state index >= 15 is 0 Å². The first-order valence-electron chi connectivity index (χ1n) is 7.82. The van der Waals surface area contributed by atoms with Gasteiger partial charge in [0, 0.05) is 10.5 Å². The predicted molar refractivity (Wildman–Crippen MR) is 99.0 cm³/mol. The van der Waals surface area contributed by atoms with Gasteiger partial charge in [-0.15, -0.1) is 0 Å². The maximum absolute atomic E-state index is 12.6. The standard InChI is InChI=1S/C18H16Br2F3NO/c1-10-2-7-13-14(19)8-15(20)17(16(13)24-10)25-9-11-3-5-12(6-4-11)18(21,22)23/h3-6,8,10,24H,2,7,9H2,1H3. The zero-order valence-electron chi connectivity index (χ0n) is 13.4. The molecular weight excluding hydrogens is 463 g/mol. The van der Waals surface area contributed by atoms with Crippen LogP contribution in [0.5, 0.6) is 5.75 Å². The summed E-state index contributed by atoms with van der Waals surface area (Å²) < 4.78 is 45.7. The van der Waals surface area contributed by atoms with Gasteiger partial charge in [-0.1, -0.05) is 28.1 Å². The molecule has 0 saturated heterocycles. The van der Waals surface area contributed by atoms with Crippen molar-refractivity contribution in [3.05, 3.63) is 56.0 Å². The number of halogens is 5. The van der Waals surface area contributed by atoms with Crippen molar-refractivity contribution in [2.45, 2.75) is 38.6 Å². The number of rotatable bonds is 3. The van der Waals surface area contributed by atoms with E-state index in [1.54, 1.807) is 0 Å². The van der Waals surface area contributed by atoms with Gasteiger partial charge in [-0.3, -0.25) is 0 Å². The first-order chi connectivity index (χ1) is 11.8. The highest BCUT2D eigenvalue weighted by molar-refractivity contribution is 9.11. The van der Waals surface area contributed by atoms with Gasteiger partial charge < -0.3 is 10.1 Å². The van der Waals surface area contributed by atoms with Crippen LogP contribution in [-0.2, 0) is 19.2 Å². The normalized spacial score (nSPS) is 17.0. The number of fused-ring (bicyclic) bond motifs is 1. The van der Waals surface area contributed by atoms with Crippen LogP contribution in [0.4, 0.5) is 18.9 Å². The van der Waals surface area contributed by atoms with Gasteiger partial charge in [0.15, 0.2) is 5.75 Å². The van der Waals surface area contributed by atoms with Crippen molar-refractivity contribution >= 4 is 37.5 Å². The number of ether oxygens (including phenoxy) is 1. The molecule has 1 heterocycles. The third kappa shape index (κ3) is 4.14. The lowest BCUT2D eigenvalue weighted by Crippen LogP contribution is -2.23. The van der Waals surface area contributed by atoms with Gasteiger partial charge in [0.05, 0.1) is 15.7 Å². The molecule has 0 radical (unpaired) electrons. The van der Waals surface area contributed by atoms with Gasteiger partial charge >= 0.3 is 6.18 Å². The number of hydrogen-bond acceptors (Lipinski definition) is 2. The van der Waals surface area contributed by atoms with Crippen LogP contribution in [0, 0.1) is 0 Å². The number of alkyl halides is 3.